The lowest BCUT2D eigenvalue weighted by atomic mass is 10.2. The molecule has 26 heavy (non-hydrogen) atoms. The summed E-state index contributed by atoms with van der Waals surface area (Å²) in [6.45, 7) is 0. The fraction of sp³-hybridized carbons (Fsp3) is 0. The Bertz CT molecular complexity index is 980. The molecule has 2 aromatic carbocycles. The maximum absolute atomic E-state index is 12.1. The highest BCUT2D eigenvalue weighted by molar-refractivity contribution is 9.10. The summed E-state index contributed by atoms with van der Waals surface area (Å²) in [4.78, 5) is 22.4. The third-order valence-corrected chi connectivity index (χ3v) is 3.99. The minimum Gasteiger partial charge on any atom is -0.455 e. The number of carbonyl (C=O) groups excluding carboxylic acids is 1. The molecule has 1 N–H and O–H groups in total. The van der Waals surface area contributed by atoms with Crippen molar-refractivity contribution in [2.24, 2.45) is 5.10 Å². The van der Waals surface area contributed by atoms with Gasteiger partial charge in [0.25, 0.3) is 11.6 Å². The molecule has 0 bridgehead atoms. The van der Waals surface area contributed by atoms with Gasteiger partial charge in [-0.25, -0.2) is 5.43 Å². The SMILES string of the molecule is O=C(N/N=C/c1ccc(-c2ccc(Br)cc2)o1)c1ccccc1[N+](=O)[O-]. The second-order valence-corrected chi connectivity index (χ2v) is 6.10. The van der Waals surface area contributed by atoms with Crippen molar-refractivity contribution in [1.82, 2.24) is 5.43 Å². The van der Waals surface area contributed by atoms with Crippen molar-refractivity contribution in [1.29, 1.82) is 0 Å². The van der Waals surface area contributed by atoms with Crippen LogP contribution >= 0.6 is 15.9 Å². The van der Waals surface area contributed by atoms with Crippen LogP contribution in [0.5, 0.6) is 0 Å². The predicted molar refractivity (Wildman–Crippen MR) is 100 cm³/mol. The van der Waals surface area contributed by atoms with Crippen molar-refractivity contribution < 1.29 is 14.1 Å². The molecule has 7 nitrogen and oxygen atoms in total. The van der Waals surface area contributed by atoms with Crippen molar-refractivity contribution in [2.45, 2.75) is 0 Å². The lowest BCUT2D eigenvalue weighted by molar-refractivity contribution is -0.385. The lowest BCUT2D eigenvalue weighted by Crippen LogP contribution is -2.18. The standard InChI is InChI=1S/C18H12BrN3O4/c19-13-7-5-12(6-8-13)17-10-9-14(26-17)11-20-21-18(23)15-3-1-2-4-16(15)22(24)25/h1-11H,(H,21,23)/b20-11+. The molecular weight excluding hydrogens is 402 g/mol. The molecule has 0 radical (unpaired) electrons. The van der Waals surface area contributed by atoms with Crippen LogP contribution in [0.3, 0.4) is 0 Å². The van der Waals surface area contributed by atoms with E-state index in [9.17, 15) is 14.9 Å². The van der Waals surface area contributed by atoms with E-state index in [4.69, 9.17) is 4.42 Å². The Morgan fingerprint density at radius 1 is 1.12 bits per heavy atom. The smallest absolute Gasteiger partial charge is 0.282 e. The number of amides is 1. The summed E-state index contributed by atoms with van der Waals surface area (Å²) >= 11 is 3.37. The molecule has 0 atom stereocenters. The van der Waals surface area contributed by atoms with Crippen LogP contribution in [-0.2, 0) is 0 Å². The van der Waals surface area contributed by atoms with Crippen molar-refractivity contribution in [3.8, 4) is 11.3 Å². The average Bonchev–Trinajstić information content (AvgIpc) is 3.11. The molecule has 1 heterocycles. The summed E-state index contributed by atoms with van der Waals surface area (Å²) in [5.41, 5.74) is 2.81. The summed E-state index contributed by atoms with van der Waals surface area (Å²) in [5.74, 6) is 0.419. The quantitative estimate of drug-likeness (QED) is 0.381. The zero-order valence-electron chi connectivity index (χ0n) is 13.3. The Kier molecular flexibility index (Phi) is 5.23. The Balaban J connectivity index is 1.69. The number of rotatable bonds is 5. The Morgan fingerprint density at radius 2 is 1.85 bits per heavy atom. The molecule has 130 valence electrons. The second kappa shape index (κ2) is 7.75. The zero-order chi connectivity index (χ0) is 18.5. The van der Waals surface area contributed by atoms with Crippen LogP contribution in [0.15, 0.2) is 74.7 Å². The van der Waals surface area contributed by atoms with Gasteiger partial charge in [-0.3, -0.25) is 14.9 Å². The number of nitro groups is 1. The summed E-state index contributed by atoms with van der Waals surface area (Å²) < 4.78 is 6.60. The summed E-state index contributed by atoms with van der Waals surface area (Å²) in [6.07, 6.45) is 1.33. The Hall–Kier alpha value is -3.26. The zero-order valence-corrected chi connectivity index (χ0v) is 14.8. The minimum atomic E-state index is -0.673. The van der Waals surface area contributed by atoms with Gasteiger partial charge in [-0.15, -0.1) is 0 Å². The number of carbonyl (C=O) groups is 1. The molecule has 0 aliphatic heterocycles. The van der Waals surface area contributed by atoms with Crippen LogP contribution in [0.1, 0.15) is 16.1 Å². The number of nitrogens with one attached hydrogen (secondary N) is 1. The summed E-state index contributed by atoms with van der Waals surface area (Å²) in [5, 5.41) is 14.7. The van der Waals surface area contributed by atoms with Gasteiger partial charge >= 0.3 is 0 Å². The van der Waals surface area contributed by atoms with Crippen LogP contribution in [-0.4, -0.2) is 17.0 Å². The molecular formula is C18H12BrN3O4. The second-order valence-electron chi connectivity index (χ2n) is 5.18. The van der Waals surface area contributed by atoms with E-state index in [2.05, 4.69) is 26.5 Å². The molecule has 1 amide bonds. The molecule has 0 saturated heterocycles. The maximum atomic E-state index is 12.1. The molecule has 0 unspecified atom stereocenters. The molecule has 1 aromatic heterocycles. The number of benzene rings is 2. The van der Waals surface area contributed by atoms with Crippen molar-refractivity contribution >= 4 is 33.7 Å². The highest BCUT2D eigenvalue weighted by Gasteiger charge is 2.18. The summed E-state index contributed by atoms with van der Waals surface area (Å²) in [7, 11) is 0. The molecule has 0 saturated carbocycles. The van der Waals surface area contributed by atoms with E-state index in [1.165, 1.54) is 24.4 Å². The summed E-state index contributed by atoms with van der Waals surface area (Å²) in [6, 6.07) is 16.8. The highest BCUT2D eigenvalue weighted by Crippen LogP contribution is 2.23. The predicted octanol–water partition coefficient (Wildman–Crippen LogP) is 4.38. The average molecular weight is 414 g/mol. The number of hydrogen-bond acceptors (Lipinski definition) is 5. The number of hydrogen-bond donors (Lipinski definition) is 1. The molecule has 0 aliphatic rings. The maximum Gasteiger partial charge on any atom is 0.282 e. The van der Waals surface area contributed by atoms with E-state index in [1.807, 2.05) is 24.3 Å². The van der Waals surface area contributed by atoms with Crippen LogP contribution in [0, 0.1) is 10.1 Å². The van der Waals surface area contributed by atoms with Gasteiger partial charge in [0.1, 0.15) is 17.1 Å². The molecule has 0 fully saturated rings. The topological polar surface area (TPSA) is 97.7 Å². The van der Waals surface area contributed by atoms with Gasteiger partial charge in [-0.1, -0.05) is 40.2 Å². The first-order valence-electron chi connectivity index (χ1n) is 7.47. The Morgan fingerprint density at radius 3 is 2.58 bits per heavy atom. The molecule has 0 spiro atoms. The first kappa shape index (κ1) is 17.6. The van der Waals surface area contributed by atoms with E-state index < -0.39 is 10.8 Å². The number of nitro benzene ring substituents is 1. The first-order chi connectivity index (χ1) is 12.5. The number of para-hydroxylation sites is 1. The van der Waals surface area contributed by atoms with Crippen molar-refractivity contribution in [3.05, 3.63) is 86.6 Å². The van der Waals surface area contributed by atoms with Gasteiger partial charge in [0, 0.05) is 16.1 Å². The van der Waals surface area contributed by atoms with E-state index in [0.29, 0.717) is 11.5 Å². The normalized spacial score (nSPS) is 10.8. The number of nitrogens with zero attached hydrogens (tertiary/aromatic N) is 2. The first-order valence-corrected chi connectivity index (χ1v) is 8.26. The van der Waals surface area contributed by atoms with Gasteiger partial charge in [-0.2, -0.15) is 5.10 Å². The number of halogens is 1. The van der Waals surface area contributed by atoms with Crippen molar-refractivity contribution in [3.63, 3.8) is 0 Å². The van der Waals surface area contributed by atoms with Gasteiger partial charge in [0.15, 0.2) is 0 Å². The van der Waals surface area contributed by atoms with Crippen LogP contribution in [0.4, 0.5) is 5.69 Å². The lowest BCUT2D eigenvalue weighted by Gasteiger charge is -2.00. The fourth-order valence-electron chi connectivity index (χ4n) is 2.23. The third kappa shape index (κ3) is 4.04. The van der Waals surface area contributed by atoms with E-state index in [-0.39, 0.29) is 11.3 Å². The molecule has 3 rings (SSSR count). The van der Waals surface area contributed by atoms with Gasteiger partial charge < -0.3 is 4.42 Å². The van der Waals surface area contributed by atoms with E-state index >= 15 is 0 Å². The fourth-order valence-corrected chi connectivity index (χ4v) is 2.50. The minimum absolute atomic E-state index is 0.0651. The number of hydrazone groups is 1. The molecule has 0 aliphatic carbocycles. The molecule has 3 aromatic rings. The van der Waals surface area contributed by atoms with E-state index in [0.717, 1.165) is 10.0 Å². The monoisotopic (exact) mass is 413 g/mol. The highest BCUT2D eigenvalue weighted by atomic mass is 79.9. The van der Waals surface area contributed by atoms with Gasteiger partial charge in [0.05, 0.1) is 11.1 Å². The van der Waals surface area contributed by atoms with E-state index in [1.54, 1.807) is 18.2 Å². The van der Waals surface area contributed by atoms with Crippen LogP contribution < -0.4 is 5.43 Å². The molecule has 8 heteroatoms. The van der Waals surface area contributed by atoms with Gasteiger partial charge in [-0.05, 0) is 30.3 Å². The third-order valence-electron chi connectivity index (χ3n) is 3.46. The van der Waals surface area contributed by atoms with Crippen LogP contribution in [0.2, 0.25) is 0 Å². The van der Waals surface area contributed by atoms with Crippen LogP contribution in [0.25, 0.3) is 11.3 Å². The van der Waals surface area contributed by atoms with Gasteiger partial charge in [0.2, 0.25) is 0 Å². The Labute approximate surface area is 156 Å². The van der Waals surface area contributed by atoms with Crippen molar-refractivity contribution in [2.75, 3.05) is 0 Å². The number of furan rings is 1. The largest absolute Gasteiger partial charge is 0.455 e.